The molecule has 0 amide bonds. The van der Waals surface area contributed by atoms with Gasteiger partial charge in [0.25, 0.3) is 0 Å². The summed E-state index contributed by atoms with van der Waals surface area (Å²) in [7, 11) is 0. The van der Waals surface area contributed by atoms with Crippen molar-refractivity contribution in [1.29, 1.82) is 0 Å². The lowest BCUT2D eigenvalue weighted by Gasteiger charge is -2.07. The molecule has 3 aromatic rings. The van der Waals surface area contributed by atoms with Gasteiger partial charge in [0.15, 0.2) is 5.78 Å². The first-order valence-electron chi connectivity index (χ1n) is 7.70. The number of nitrogens with zero attached hydrogens (tertiary/aromatic N) is 1. The topological polar surface area (TPSA) is 39.2 Å². The third kappa shape index (κ3) is 4.40. The van der Waals surface area contributed by atoms with Crippen molar-refractivity contribution in [2.45, 2.75) is 6.61 Å². The number of carbonyl (C=O) groups excluding carboxylic acids is 1. The van der Waals surface area contributed by atoms with Crippen LogP contribution in [0, 0.1) is 0 Å². The van der Waals surface area contributed by atoms with Crippen molar-refractivity contribution in [2.24, 2.45) is 0 Å². The number of benzene rings is 2. The maximum absolute atomic E-state index is 12.3. The van der Waals surface area contributed by atoms with Gasteiger partial charge in [-0.2, -0.15) is 0 Å². The Kier molecular flexibility index (Phi) is 5.15. The Balaban J connectivity index is 1.66. The highest BCUT2D eigenvalue weighted by Gasteiger charge is 2.04. The molecule has 0 radical (unpaired) electrons. The zero-order valence-electron chi connectivity index (χ0n) is 13.1. The molecule has 3 nitrogen and oxygen atoms in total. The minimum atomic E-state index is -0.0657. The van der Waals surface area contributed by atoms with E-state index in [1.54, 1.807) is 36.7 Å². The Hall–Kier alpha value is -3.20. The van der Waals surface area contributed by atoms with Gasteiger partial charge in [0, 0.05) is 18.0 Å². The quantitative estimate of drug-likeness (QED) is 0.494. The molecule has 3 heteroatoms. The fourth-order valence-electron chi connectivity index (χ4n) is 2.22. The van der Waals surface area contributed by atoms with Crippen LogP contribution in [0.15, 0.2) is 85.2 Å². The van der Waals surface area contributed by atoms with E-state index in [1.807, 2.05) is 54.6 Å². The van der Waals surface area contributed by atoms with Crippen molar-refractivity contribution < 1.29 is 9.53 Å². The first-order chi connectivity index (χ1) is 11.8. The number of pyridine rings is 1. The zero-order valence-corrected chi connectivity index (χ0v) is 13.1. The number of rotatable bonds is 6. The highest BCUT2D eigenvalue weighted by molar-refractivity contribution is 6.07. The molecular weight excluding hydrogens is 298 g/mol. The smallest absolute Gasteiger partial charge is 0.185 e. The van der Waals surface area contributed by atoms with Gasteiger partial charge in [0.05, 0.1) is 0 Å². The maximum Gasteiger partial charge on any atom is 0.185 e. The number of carbonyl (C=O) groups is 1. The molecule has 0 aliphatic carbocycles. The van der Waals surface area contributed by atoms with E-state index in [0.29, 0.717) is 17.9 Å². The summed E-state index contributed by atoms with van der Waals surface area (Å²) in [6, 6.07) is 20.9. The van der Waals surface area contributed by atoms with Crippen LogP contribution in [0.5, 0.6) is 5.75 Å². The van der Waals surface area contributed by atoms with Gasteiger partial charge in [0.1, 0.15) is 12.4 Å². The monoisotopic (exact) mass is 315 g/mol. The second-order valence-electron chi connectivity index (χ2n) is 5.29. The number of aromatic nitrogens is 1. The Morgan fingerprint density at radius 3 is 2.67 bits per heavy atom. The first-order valence-corrected chi connectivity index (χ1v) is 7.70. The van der Waals surface area contributed by atoms with Gasteiger partial charge >= 0.3 is 0 Å². The lowest BCUT2D eigenvalue weighted by Crippen LogP contribution is -1.98. The van der Waals surface area contributed by atoms with Gasteiger partial charge in [0.2, 0.25) is 0 Å². The molecule has 118 valence electrons. The summed E-state index contributed by atoms with van der Waals surface area (Å²) in [6.45, 7) is 0.476. The normalized spacial score (nSPS) is 10.7. The van der Waals surface area contributed by atoms with E-state index in [0.717, 1.165) is 11.1 Å². The van der Waals surface area contributed by atoms with Crippen LogP contribution in [0.3, 0.4) is 0 Å². The minimum Gasteiger partial charge on any atom is -0.489 e. The SMILES string of the molecule is O=C(/C=C/c1cccnc1)c1cccc(OCc2ccccc2)c1. The summed E-state index contributed by atoms with van der Waals surface area (Å²) in [4.78, 5) is 16.3. The Bertz CT molecular complexity index is 827. The number of hydrogen-bond acceptors (Lipinski definition) is 3. The lowest BCUT2D eigenvalue weighted by atomic mass is 10.1. The largest absolute Gasteiger partial charge is 0.489 e. The van der Waals surface area contributed by atoms with Crippen molar-refractivity contribution >= 4 is 11.9 Å². The van der Waals surface area contributed by atoms with E-state index in [9.17, 15) is 4.79 Å². The molecule has 24 heavy (non-hydrogen) atoms. The van der Waals surface area contributed by atoms with E-state index in [-0.39, 0.29) is 5.78 Å². The summed E-state index contributed by atoms with van der Waals surface area (Å²) in [5.74, 6) is 0.614. The van der Waals surface area contributed by atoms with Gasteiger partial charge < -0.3 is 4.74 Å². The predicted molar refractivity (Wildman–Crippen MR) is 94.8 cm³/mol. The van der Waals surface area contributed by atoms with E-state index >= 15 is 0 Å². The molecule has 0 bridgehead atoms. The van der Waals surface area contributed by atoms with Crippen LogP contribution >= 0.6 is 0 Å². The van der Waals surface area contributed by atoms with Crippen molar-refractivity contribution in [3.05, 3.63) is 102 Å². The van der Waals surface area contributed by atoms with Gasteiger partial charge in [-0.05, 0) is 41.5 Å². The molecule has 1 heterocycles. The van der Waals surface area contributed by atoms with Crippen LogP contribution in [0.25, 0.3) is 6.08 Å². The summed E-state index contributed by atoms with van der Waals surface area (Å²) in [6.07, 6.45) is 6.72. The molecule has 0 atom stereocenters. The maximum atomic E-state index is 12.3. The fourth-order valence-corrected chi connectivity index (χ4v) is 2.22. The number of hydrogen-bond donors (Lipinski definition) is 0. The molecule has 2 aromatic carbocycles. The number of ketones is 1. The van der Waals surface area contributed by atoms with Crippen molar-refractivity contribution in [2.75, 3.05) is 0 Å². The van der Waals surface area contributed by atoms with Crippen LogP contribution in [0.2, 0.25) is 0 Å². The second kappa shape index (κ2) is 7.88. The average Bonchev–Trinajstić information content (AvgIpc) is 2.66. The predicted octanol–water partition coefficient (Wildman–Crippen LogP) is 4.56. The minimum absolute atomic E-state index is 0.0657. The van der Waals surface area contributed by atoms with Crippen LogP contribution in [-0.2, 0) is 6.61 Å². The average molecular weight is 315 g/mol. The number of ether oxygens (including phenoxy) is 1. The van der Waals surface area contributed by atoms with Gasteiger partial charge in [-0.3, -0.25) is 9.78 Å². The zero-order chi connectivity index (χ0) is 16.6. The Morgan fingerprint density at radius 2 is 1.88 bits per heavy atom. The third-order valence-electron chi connectivity index (χ3n) is 3.48. The molecule has 0 unspecified atom stereocenters. The molecule has 0 aliphatic heterocycles. The Morgan fingerprint density at radius 1 is 1.00 bits per heavy atom. The fraction of sp³-hybridized carbons (Fsp3) is 0.0476. The molecular formula is C21H17NO2. The second-order valence-corrected chi connectivity index (χ2v) is 5.29. The molecule has 1 aromatic heterocycles. The molecule has 0 saturated heterocycles. The van der Waals surface area contributed by atoms with E-state index in [4.69, 9.17) is 4.74 Å². The third-order valence-corrected chi connectivity index (χ3v) is 3.48. The molecule has 0 fully saturated rings. The van der Waals surface area contributed by atoms with Crippen molar-refractivity contribution in [3.8, 4) is 5.75 Å². The van der Waals surface area contributed by atoms with Crippen molar-refractivity contribution in [3.63, 3.8) is 0 Å². The molecule has 0 N–H and O–H groups in total. The van der Waals surface area contributed by atoms with Crippen LogP contribution in [-0.4, -0.2) is 10.8 Å². The van der Waals surface area contributed by atoms with Crippen LogP contribution < -0.4 is 4.74 Å². The summed E-state index contributed by atoms with van der Waals surface area (Å²) >= 11 is 0. The van der Waals surface area contributed by atoms with Gasteiger partial charge in [-0.25, -0.2) is 0 Å². The van der Waals surface area contributed by atoms with Crippen LogP contribution in [0.4, 0.5) is 0 Å². The summed E-state index contributed by atoms with van der Waals surface area (Å²) in [5, 5.41) is 0. The first kappa shape index (κ1) is 15.7. The van der Waals surface area contributed by atoms with Crippen molar-refractivity contribution in [1.82, 2.24) is 4.98 Å². The van der Waals surface area contributed by atoms with E-state index < -0.39 is 0 Å². The van der Waals surface area contributed by atoms with E-state index in [1.165, 1.54) is 0 Å². The highest BCUT2D eigenvalue weighted by atomic mass is 16.5. The van der Waals surface area contributed by atoms with Gasteiger partial charge in [-0.15, -0.1) is 0 Å². The molecule has 3 rings (SSSR count). The Labute approximate surface area is 141 Å². The summed E-state index contributed by atoms with van der Waals surface area (Å²) in [5.41, 5.74) is 2.58. The van der Waals surface area contributed by atoms with Gasteiger partial charge in [-0.1, -0.05) is 48.5 Å². The van der Waals surface area contributed by atoms with Crippen LogP contribution in [0.1, 0.15) is 21.5 Å². The molecule has 0 aliphatic rings. The van der Waals surface area contributed by atoms with E-state index in [2.05, 4.69) is 4.98 Å². The standard InChI is InChI=1S/C21H17NO2/c23-21(12-11-17-8-5-13-22-15-17)19-9-4-10-20(14-19)24-16-18-6-2-1-3-7-18/h1-15H,16H2/b12-11+. The molecule has 0 spiro atoms. The summed E-state index contributed by atoms with van der Waals surface area (Å²) < 4.78 is 5.76. The number of allylic oxidation sites excluding steroid dienone is 1. The molecule has 0 saturated carbocycles. The lowest BCUT2D eigenvalue weighted by molar-refractivity contribution is 0.104. The highest BCUT2D eigenvalue weighted by Crippen LogP contribution is 2.16.